The molecule has 1 saturated heterocycles. The summed E-state index contributed by atoms with van der Waals surface area (Å²) in [5, 5.41) is 3.33. The first-order valence-electron chi connectivity index (χ1n) is 7.11. The molecule has 1 aromatic heterocycles. The lowest BCUT2D eigenvalue weighted by atomic mass is 10.1. The van der Waals surface area contributed by atoms with Gasteiger partial charge in [-0.3, -0.25) is 0 Å². The van der Waals surface area contributed by atoms with Crippen LogP contribution in [-0.4, -0.2) is 37.9 Å². The number of ether oxygens (including phenoxy) is 2. The maximum Gasteiger partial charge on any atom is 0.197 e. The molecule has 1 N–H and O–H groups in total. The minimum absolute atomic E-state index is 0.371. The van der Waals surface area contributed by atoms with Gasteiger partial charge in [0.05, 0.1) is 19.8 Å². The molecule has 1 aliphatic heterocycles. The quantitative estimate of drug-likeness (QED) is 0.906. The van der Waals surface area contributed by atoms with Gasteiger partial charge in [-0.1, -0.05) is 6.07 Å². The summed E-state index contributed by atoms with van der Waals surface area (Å²) in [5.41, 5.74) is 1.55. The second-order valence-electron chi connectivity index (χ2n) is 4.98. The van der Waals surface area contributed by atoms with Gasteiger partial charge < -0.3 is 19.2 Å². The van der Waals surface area contributed by atoms with Crippen LogP contribution in [0.2, 0.25) is 0 Å². The molecule has 2 heterocycles. The van der Waals surface area contributed by atoms with Gasteiger partial charge in [0.1, 0.15) is 5.75 Å². The van der Waals surface area contributed by atoms with Crippen LogP contribution in [0.5, 0.6) is 5.75 Å². The highest BCUT2D eigenvalue weighted by molar-refractivity contribution is 5.79. The number of fused-ring (bicyclic) bond motifs is 1. The van der Waals surface area contributed by atoms with Crippen LogP contribution >= 0.6 is 0 Å². The molecule has 0 amide bonds. The summed E-state index contributed by atoms with van der Waals surface area (Å²) >= 11 is 0. The predicted molar refractivity (Wildman–Crippen MR) is 76.1 cm³/mol. The van der Waals surface area contributed by atoms with Crippen LogP contribution in [0.25, 0.3) is 11.1 Å². The van der Waals surface area contributed by atoms with Crippen LogP contribution in [0.1, 0.15) is 18.7 Å². The van der Waals surface area contributed by atoms with Gasteiger partial charge in [-0.25, -0.2) is 4.98 Å². The number of piperidine rings is 1. The summed E-state index contributed by atoms with van der Waals surface area (Å²) in [6.45, 7) is 2.75. The number of benzene rings is 1. The summed E-state index contributed by atoms with van der Waals surface area (Å²) in [5.74, 6) is 1.45. The van der Waals surface area contributed by atoms with E-state index in [0.717, 1.165) is 42.8 Å². The average Bonchev–Trinajstić information content (AvgIpc) is 2.91. The fourth-order valence-corrected chi connectivity index (χ4v) is 2.52. The van der Waals surface area contributed by atoms with E-state index in [1.165, 1.54) is 0 Å². The van der Waals surface area contributed by atoms with Crippen molar-refractivity contribution in [3.63, 3.8) is 0 Å². The molecule has 0 atom stereocenters. The molecule has 0 unspecified atom stereocenters. The SMILES string of the molecule is COc1cccc2oc(CCOC3CCNCC3)nc12. The average molecular weight is 276 g/mol. The third kappa shape index (κ3) is 2.94. The van der Waals surface area contributed by atoms with Gasteiger partial charge in [-0.05, 0) is 38.1 Å². The lowest BCUT2D eigenvalue weighted by molar-refractivity contribution is 0.0328. The summed E-state index contributed by atoms with van der Waals surface area (Å²) in [6, 6.07) is 5.70. The summed E-state index contributed by atoms with van der Waals surface area (Å²) in [4.78, 5) is 4.48. The Kier molecular flexibility index (Phi) is 4.18. The van der Waals surface area contributed by atoms with Crippen molar-refractivity contribution < 1.29 is 13.9 Å². The summed E-state index contributed by atoms with van der Waals surface area (Å²) in [7, 11) is 1.64. The molecule has 0 bridgehead atoms. The molecule has 3 rings (SSSR count). The Morgan fingerprint density at radius 3 is 3.00 bits per heavy atom. The highest BCUT2D eigenvalue weighted by Crippen LogP contribution is 2.25. The molecule has 5 nitrogen and oxygen atoms in total. The molecule has 2 aromatic rings. The molecule has 0 spiro atoms. The van der Waals surface area contributed by atoms with Gasteiger partial charge in [0.25, 0.3) is 0 Å². The second kappa shape index (κ2) is 6.24. The van der Waals surface area contributed by atoms with Crippen molar-refractivity contribution in [1.82, 2.24) is 10.3 Å². The van der Waals surface area contributed by atoms with Gasteiger partial charge in [0.2, 0.25) is 0 Å². The molecule has 1 aromatic carbocycles. The van der Waals surface area contributed by atoms with Crippen LogP contribution in [-0.2, 0) is 11.2 Å². The predicted octanol–water partition coefficient (Wildman–Crippen LogP) is 2.15. The molecule has 108 valence electrons. The van der Waals surface area contributed by atoms with E-state index in [-0.39, 0.29) is 0 Å². The zero-order chi connectivity index (χ0) is 13.8. The topological polar surface area (TPSA) is 56.5 Å². The van der Waals surface area contributed by atoms with Gasteiger partial charge in [0, 0.05) is 6.42 Å². The normalized spacial score (nSPS) is 16.6. The molecule has 0 radical (unpaired) electrons. The third-order valence-corrected chi connectivity index (χ3v) is 3.60. The summed E-state index contributed by atoms with van der Waals surface area (Å²) < 4.78 is 16.9. The Balaban J connectivity index is 1.60. The highest BCUT2D eigenvalue weighted by Gasteiger charge is 2.14. The molecule has 1 fully saturated rings. The molecule has 1 aliphatic rings. The number of hydrogen-bond donors (Lipinski definition) is 1. The monoisotopic (exact) mass is 276 g/mol. The highest BCUT2D eigenvalue weighted by atomic mass is 16.5. The first kappa shape index (κ1) is 13.4. The van der Waals surface area contributed by atoms with E-state index in [1.54, 1.807) is 7.11 Å². The Morgan fingerprint density at radius 1 is 1.35 bits per heavy atom. The minimum Gasteiger partial charge on any atom is -0.494 e. The van der Waals surface area contributed by atoms with E-state index in [9.17, 15) is 0 Å². The van der Waals surface area contributed by atoms with Gasteiger partial charge in [-0.15, -0.1) is 0 Å². The maximum absolute atomic E-state index is 5.87. The number of aromatic nitrogens is 1. The number of methoxy groups -OCH3 is 1. The smallest absolute Gasteiger partial charge is 0.197 e. The van der Waals surface area contributed by atoms with Crippen molar-refractivity contribution in [1.29, 1.82) is 0 Å². The van der Waals surface area contributed by atoms with E-state index in [2.05, 4.69) is 10.3 Å². The van der Waals surface area contributed by atoms with Gasteiger partial charge in [0.15, 0.2) is 17.0 Å². The molecular formula is C15H20N2O3. The zero-order valence-corrected chi connectivity index (χ0v) is 11.7. The second-order valence-corrected chi connectivity index (χ2v) is 4.98. The van der Waals surface area contributed by atoms with Crippen LogP contribution in [0.3, 0.4) is 0 Å². The number of para-hydroxylation sites is 1. The molecule has 5 heteroatoms. The Morgan fingerprint density at radius 2 is 2.20 bits per heavy atom. The Bertz CT molecular complexity index is 561. The minimum atomic E-state index is 0.371. The van der Waals surface area contributed by atoms with Gasteiger partial charge >= 0.3 is 0 Å². The van der Waals surface area contributed by atoms with E-state index in [1.807, 2.05) is 18.2 Å². The Labute approximate surface area is 118 Å². The number of hydrogen-bond acceptors (Lipinski definition) is 5. The lowest BCUT2D eigenvalue weighted by Gasteiger charge is -2.22. The van der Waals surface area contributed by atoms with E-state index in [4.69, 9.17) is 13.9 Å². The van der Waals surface area contributed by atoms with Crippen LogP contribution in [0.15, 0.2) is 22.6 Å². The number of oxazole rings is 1. The van der Waals surface area contributed by atoms with Crippen molar-refractivity contribution in [2.45, 2.75) is 25.4 Å². The van der Waals surface area contributed by atoms with Crippen LogP contribution < -0.4 is 10.1 Å². The largest absolute Gasteiger partial charge is 0.494 e. The van der Waals surface area contributed by atoms with Crippen molar-refractivity contribution in [2.24, 2.45) is 0 Å². The summed E-state index contributed by atoms with van der Waals surface area (Å²) in [6.07, 6.45) is 3.24. The third-order valence-electron chi connectivity index (χ3n) is 3.60. The fourth-order valence-electron chi connectivity index (χ4n) is 2.52. The molecule has 20 heavy (non-hydrogen) atoms. The van der Waals surface area contributed by atoms with E-state index in [0.29, 0.717) is 25.0 Å². The van der Waals surface area contributed by atoms with E-state index < -0.39 is 0 Å². The van der Waals surface area contributed by atoms with Crippen molar-refractivity contribution in [2.75, 3.05) is 26.8 Å². The van der Waals surface area contributed by atoms with Crippen LogP contribution in [0.4, 0.5) is 0 Å². The first-order valence-corrected chi connectivity index (χ1v) is 7.11. The van der Waals surface area contributed by atoms with E-state index >= 15 is 0 Å². The number of nitrogens with one attached hydrogen (secondary N) is 1. The first-order chi connectivity index (χ1) is 9.86. The Hall–Kier alpha value is -1.59. The zero-order valence-electron chi connectivity index (χ0n) is 11.7. The molecule has 0 saturated carbocycles. The van der Waals surface area contributed by atoms with Crippen LogP contribution in [0, 0.1) is 0 Å². The van der Waals surface area contributed by atoms with Gasteiger partial charge in [-0.2, -0.15) is 0 Å². The van der Waals surface area contributed by atoms with Crippen molar-refractivity contribution in [3.8, 4) is 5.75 Å². The number of nitrogens with zero attached hydrogens (tertiary/aromatic N) is 1. The fraction of sp³-hybridized carbons (Fsp3) is 0.533. The molecular weight excluding hydrogens is 256 g/mol. The standard InChI is InChI=1S/C15H20N2O3/c1-18-12-3-2-4-13-15(12)17-14(20-13)7-10-19-11-5-8-16-9-6-11/h2-4,11,16H,5-10H2,1H3. The van der Waals surface area contributed by atoms with Crippen molar-refractivity contribution in [3.05, 3.63) is 24.1 Å². The van der Waals surface area contributed by atoms with Crippen molar-refractivity contribution >= 4 is 11.1 Å². The lowest BCUT2D eigenvalue weighted by Crippen LogP contribution is -2.32. The number of rotatable bonds is 5. The maximum atomic E-state index is 5.87. The molecule has 0 aliphatic carbocycles.